The number of rotatable bonds is 5. The van der Waals surface area contributed by atoms with Crippen LogP contribution in [0.2, 0.25) is 0 Å². The van der Waals surface area contributed by atoms with Crippen molar-refractivity contribution in [2.75, 3.05) is 25.6 Å². The summed E-state index contributed by atoms with van der Waals surface area (Å²) in [6.07, 6.45) is -0.316. The Morgan fingerprint density at radius 2 is 2.10 bits per heavy atom. The minimum atomic E-state index is -0.812. The molecule has 0 saturated heterocycles. The van der Waals surface area contributed by atoms with Gasteiger partial charge in [-0.15, -0.1) is 0 Å². The van der Waals surface area contributed by atoms with E-state index in [1.54, 1.807) is 4.57 Å². The second kappa shape index (κ2) is 6.25. The Hall–Kier alpha value is -2.57. The highest BCUT2D eigenvalue weighted by Crippen LogP contribution is 2.21. The summed E-state index contributed by atoms with van der Waals surface area (Å²) in [7, 11) is 3.69. The van der Waals surface area contributed by atoms with E-state index in [1.807, 2.05) is 43.3 Å². The fraction of sp³-hybridized carbons (Fsp3) is 0.357. The molecule has 7 heteroatoms. The van der Waals surface area contributed by atoms with Crippen molar-refractivity contribution in [1.82, 2.24) is 9.55 Å². The number of primary amides is 1. The van der Waals surface area contributed by atoms with Crippen molar-refractivity contribution in [2.24, 2.45) is 5.73 Å². The van der Waals surface area contributed by atoms with Gasteiger partial charge in [0.25, 0.3) is 0 Å². The van der Waals surface area contributed by atoms with Crippen LogP contribution in [0.4, 0.5) is 10.6 Å². The molecule has 2 rings (SSSR count). The number of carbonyl (C=O) groups excluding carboxylic acids is 1. The molecule has 0 unspecified atom stereocenters. The summed E-state index contributed by atoms with van der Waals surface area (Å²) in [5, 5.41) is 0.901. The molecule has 2 aromatic rings. The lowest BCUT2D eigenvalue weighted by Crippen LogP contribution is -2.27. The minimum Gasteiger partial charge on any atom is -0.450 e. The normalized spacial score (nSPS) is 10.6. The predicted octanol–water partition coefficient (Wildman–Crippen LogP) is 0.948. The highest BCUT2D eigenvalue weighted by Gasteiger charge is 2.11. The third-order valence-corrected chi connectivity index (χ3v) is 3.06. The molecular formula is C14H18N4O3. The van der Waals surface area contributed by atoms with Gasteiger partial charge in [0, 0.05) is 26.0 Å². The highest BCUT2D eigenvalue weighted by molar-refractivity contribution is 5.89. The molecule has 0 aliphatic heterocycles. The van der Waals surface area contributed by atoms with Crippen LogP contribution >= 0.6 is 0 Å². The number of aryl methyl sites for hydroxylation is 1. The molecular weight excluding hydrogens is 272 g/mol. The smallest absolute Gasteiger partial charge is 0.404 e. The predicted molar refractivity (Wildman–Crippen MR) is 80.5 cm³/mol. The van der Waals surface area contributed by atoms with Gasteiger partial charge in [0.1, 0.15) is 5.82 Å². The van der Waals surface area contributed by atoms with E-state index in [0.717, 1.165) is 10.9 Å². The first-order valence-corrected chi connectivity index (χ1v) is 6.60. The van der Waals surface area contributed by atoms with E-state index in [-0.39, 0.29) is 12.3 Å². The SMILES string of the molecule is CN(C)c1nc(=O)n(CCCOC(N)=O)c2ccccc12. The first kappa shape index (κ1) is 14.8. The average Bonchev–Trinajstić information content (AvgIpc) is 2.44. The summed E-state index contributed by atoms with van der Waals surface area (Å²) >= 11 is 0. The molecule has 1 amide bonds. The number of para-hydroxylation sites is 1. The molecule has 0 aliphatic rings. The number of hydrogen-bond donors (Lipinski definition) is 1. The molecule has 0 saturated carbocycles. The summed E-state index contributed by atoms with van der Waals surface area (Å²) in [6.45, 7) is 0.582. The van der Waals surface area contributed by atoms with Crippen LogP contribution in [0.1, 0.15) is 6.42 Å². The molecule has 0 fully saturated rings. The molecule has 112 valence electrons. The van der Waals surface area contributed by atoms with Crippen molar-refractivity contribution in [3.8, 4) is 0 Å². The zero-order chi connectivity index (χ0) is 15.4. The van der Waals surface area contributed by atoms with Gasteiger partial charge in [-0.1, -0.05) is 12.1 Å². The van der Waals surface area contributed by atoms with Crippen LogP contribution in [0.3, 0.4) is 0 Å². The lowest BCUT2D eigenvalue weighted by Gasteiger charge is -2.16. The lowest BCUT2D eigenvalue weighted by molar-refractivity contribution is 0.153. The summed E-state index contributed by atoms with van der Waals surface area (Å²) < 4.78 is 6.25. The van der Waals surface area contributed by atoms with Gasteiger partial charge >= 0.3 is 11.8 Å². The maximum atomic E-state index is 12.2. The summed E-state index contributed by atoms with van der Waals surface area (Å²) in [4.78, 5) is 28.6. The maximum absolute atomic E-state index is 12.2. The van der Waals surface area contributed by atoms with E-state index >= 15 is 0 Å². The molecule has 0 aliphatic carbocycles. The topological polar surface area (TPSA) is 90.4 Å². The lowest BCUT2D eigenvalue weighted by atomic mass is 10.2. The molecule has 21 heavy (non-hydrogen) atoms. The van der Waals surface area contributed by atoms with Crippen molar-refractivity contribution in [1.29, 1.82) is 0 Å². The van der Waals surface area contributed by atoms with Crippen molar-refractivity contribution in [2.45, 2.75) is 13.0 Å². The number of hydrogen-bond acceptors (Lipinski definition) is 5. The Morgan fingerprint density at radius 3 is 2.76 bits per heavy atom. The van der Waals surface area contributed by atoms with Crippen molar-refractivity contribution in [3.63, 3.8) is 0 Å². The van der Waals surface area contributed by atoms with Crippen LogP contribution in [0.25, 0.3) is 10.9 Å². The Morgan fingerprint density at radius 1 is 1.38 bits per heavy atom. The molecule has 0 atom stereocenters. The Kier molecular flexibility index (Phi) is 4.42. The molecule has 1 heterocycles. The van der Waals surface area contributed by atoms with Crippen molar-refractivity contribution >= 4 is 22.8 Å². The van der Waals surface area contributed by atoms with Gasteiger partial charge in [0.2, 0.25) is 0 Å². The summed E-state index contributed by atoms with van der Waals surface area (Å²) in [6, 6.07) is 7.58. The summed E-state index contributed by atoms with van der Waals surface area (Å²) in [5.74, 6) is 0.639. The maximum Gasteiger partial charge on any atom is 0.404 e. The fourth-order valence-electron chi connectivity index (χ4n) is 2.16. The third-order valence-electron chi connectivity index (χ3n) is 3.06. The van der Waals surface area contributed by atoms with Crippen LogP contribution in [0.15, 0.2) is 29.1 Å². The number of aromatic nitrogens is 2. The molecule has 0 bridgehead atoms. The fourth-order valence-corrected chi connectivity index (χ4v) is 2.16. The monoisotopic (exact) mass is 290 g/mol. The summed E-state index contributed by atoms with van der Waals surface area (Å²) in [5.41, 5.74) is 5.38. The van der Waals surface area contributed by atoms with E-state index in [2.05, 4.69) is 9.72 Å². The second-order valence-electron chi connectivity index (χ2n) is 4.80. The zero-order valence-corrected chi connectivity index (χ0v) is 12.1. The van der Waals surface area contributed by atoms with Gasteiger partial charge in [-0.25, -0.2) is 9.59 Å². The van der Waals surface area contributed by atoms with Crippen molar-refractivity contribution < 1.29 is 9.53 Å². The van der Waals surface area contributed by atoms with Gasteiger partial charge in [-0.3, -0.25) is 4.57 Å². The first-order chi connectivity index (χ1) is 10.0. The van der Waals surface area contributed by atoms with Gasteiger partial charge in [-0.05, 0) is 18.6 Å². The molecule has 1 aromatic carbocycles. The Bertz CT molecular complexity index is 709. The zero-order valence-electron chi connectivity index (χ0n) is 12.1. The van der Waals surface area contributed by atoms with Crippen molar-refractivity contribution in [3.05, 3.63) is 34.7 Å². The Labute approximate surface area is 121 Å². The molecule has 1 aromatic heterocycles. The number of amides is 1. The third kappa shape index (κ3) is 3.31. The van der Waals surface area contributed by atoms with E-state index in [1.165, 1.54) is 0 Å². The number of carbonyl (C=O) groups is 1. The number of nitrogens with zero attached hydrogens (tertiary/aromatic N) is 3. The van der Waals surface area contributed by atoms with E-state index in [0.29, 0.717) is 18.8 Å². The van der Waals surface area contributed by atoms with E-state index < -0.39 is 6.09 Å². The molecule has 2 N–H and O–H groups in total. The number of anilines is 1. The van der Waals surface area contributed by atoms with Crippen LogP contribution in [-0.2, 0) is 11.3 Å². The second-order valence-corrected chi connectivity index (χ2v) is 4.80. The van der Waals surface area contributed by atoms with Gasteiger partial charge in [0.05, 0.1) is 12.1 Å². The number of benzene rings is 1. The quantitative estimate of drug-likeness (QED) is 0.828. The van der Waals surface area contributed by atoms with Gasteiger partial charge in [0.15, 0.2) is 0 Å². The standard InChI is InChI=1S/C14H18N4O3/c1-17(2)12-10-6-3-4-7-11(10)18(14(20)16-12)8-5-9-21-13(15)19/h3-4,6-7H,5,8-9H2,1-2H3,(H2,15,19). The number of fused-ring (bicyclic) bond motifs is 1. The van der Waals surface area contributed by atoms with Crippen LogP contribution < -0.4 is 16.3 Å². The number of ether oxygens (including phenoxy) is 1. The Balaban J connectivity index is 2.36. The molecule has 0 radical (unpaired) electrons. The highest BCUT2D eigenvalue weighted by atomic mass is 16.5. The van der Waals surface area contributed by atoms with Crippen LogP contribution in [-0.4, -0.2) is 36.3 Å². The minimum absolute atomic E-state index is 0.172. The average molecular weight is 290 g/mol. The number of nitrogens with two attached hydrogens (primary N) is 1. The van der Waals surface area contributed by atoms with E-state index in [4.69, 9.17) is 5.73 Å². The largest absolute Gasteiger partial charge is 0.450 e. The van der Waals surface area contributed by atoms with Gasteiger partial charge < -0.3 is 15.4 Å². The van der Waals surface area contributed by atoms with Crippen LogP contribution in [0, 0.1) is 0 Å². The van der Waals surface area contributed by atoms with Gasteiger partial charge in [-0.2, -0.15) is 4.98 Å². The van der Waals surface area contributed by atoms with Crippen LogP contribution in [0.5, 0.6) is 0 Å². The molecule has 7 nitrogen and oxygen atoms in total. The van der Waals surface area contributed by atoms with E-state index in [9.17, 15) is 9.59 Å². The molecule has 0 spiro atoms. The first-order valence-electron chi connectivity index (χ1n) is 6.60.